The number of nitrogens with zero attached hydrogens (tertiary/aromatic N) is 2. The summed E-state index contributed by atoms with van der Waals surface area (Å²) in [6, 6.07) is 18.1. The Bertz CT molecular complexity index is 841. The molecule has 120 valence electrons. The molecule has 1 aliphatic rings. The van der Waals surface area contributed by atoms with Crippen LogP contribution >= 0.6 is 0 Å². The number of hydrogen-bond donors (Lipinski definition) is 0. The molecule has 2 aromatic carbocycles. The van der Waals surface area contributed by atoms with Crippen molar-refractivity contribution in [3.05, 3.63) is 71.9 Å². The van der Waals surface area contributed by atoms with E-state index in [1.54, 1.807) is 6.20 Å². The van der Waals surface area contributed by atoms with Crippen LogP contribution in [-0.4, -0.2) is 17.6 Å². The maximum Gasteiger partial charge on any atom is 0.227 e. The van der Waals surface area contributed by atoms with Crippen LogP contribution in [0.4, 0.5) is 5.69 Å². The minimum Gasteiger partial charge on any atom is -0.356 e. The molecule has 24 heavy (non-hydrogen) atoms. The molecule has 0 aliphatic carbocycles. The van der Waals surface area contributed by atoms with Gasteiger partial charge in [0.1, 0.15) is 0 Å². The first-order chi connectivity index (χ1) is 11.8. The van der Waals surface area contributed by atoms with E-state index in [9.17, 15) is 4.79 Å². The van der Waals surface area contributed by atoms with Crippen LogP contribution in [0.3, 0.4) is 0 Å². The zero-order chi connectivity index (χ0) is 16.4. The average molecular weight is 318 g/mol. The summed E-state index contributed by atoms with van der Waals surface area (Å²) in [5, 5.41) is 3.75. The molecule has 0 atom stereocenters. The lowest BCUT2D eigenvalue weighted by molar-refractivity contribution is -0.118. The molecule has 1 aromatic heterocycles. The number of carbonyl (C=O) groups is 1. The molecule has 1 amide bonds. The fraction of sp³-hybridized carbons (Fsp3) is 0.200. The van der Waals surface area contributed by atoms with Gasteiger partial charge in [-0.05, 0) is 42.2 Å². The largest absolute Gasteiger partial charge is 0.356 e. The van der Waals surface area contributed by atoms with Crippen molar-refractivity contribution in [2.24, 2.45) is 0 Å². The van der Waals surface area contributed by atoms with Gasteiger partial charge in [-0.15, -0.1) is 0 Å². The Morgan fingerprint density at radius 3 is 2.79 bits per heavy atom. The van der Waals surface area contributed by atoms with E-state index in [2.05, 4.69) is 23.4 Å². The number of carbonyl (C=O) groups excluding carboxylic acids is 1. The van der Waals surface area contributed by atoms with Crippen molar-refractivity contribution < 1.29 is 9.32 Å². The number of anilines is 1. The third kappa shape index (κ3) is 2.83. The second-order valence-corrected chi connectivity index (χ2v) is 6.00. The van der Waals surface area contributed by atoms with E-state index in [-0.39, 0.29) is 5.91 Å². The SMILES string of the molecule is O=C(CCc1ccccc1)N1CCc2cc(-c3ccno3)ccc21. The molecule has 3 aromatic rings. The van der Waals surface area contributed by atoms with Gasteiger partial charge in [-0.1, -0.05) is 35.5 Å². The summed E-state index contributed by atoms with van der Waals surface area (Å²) >= 11 is 0. The Morgan fingerprint density at radius 1 is 1.12 bits per heavy atom. The number of rotatable bonds is 4. The average Bonchev–Trinajstić information content (AvgIpc) is 3.29. The highest BCUT2D eigenvalue weighted by Crippen LogP contribution is 2.32. The third-order valence-electron chi connectivity index (χ3n) is 4.47. The van der Waals surface area contributed by atoms with Gasteiger partial charge in [-0.2, -0.15) is 0 Å². The highest BCUT2D eigenvalue weighted by molar-refractivity contribution is 5.96. The Hall–Kier alpha value is -2.88. The highest BCUT2D eigenvalue weighted by Gasteiger charge is 2.24. The van der Waals surface area contributed by atoms with Gasteiger partial charge in [-0.3, -0.25) is 4.79 Å². The molecular formula is C20H18N2O2. The Kier molecular flexibility index (Phi) is 3.87. The smallest absolute Gasteiger partial charge is 0.227 e. The number of benzene rings is 2. The molecule has 0 bridgehead atoms. The lowest BCUT2D eigenvalue weighted by Crippen LogP contribution is -2.29. The Labute approximate surface area is 140 Å². The normalized spacial score (nSPS) is 13.1. The Balaban J connectivity index is 1.48. The van der Waals surface area contributed by atoms with Crippen molar-refractivity contribution in [1.82, 2.24) is 5.16 Å². The lowest BCUT2D eigenvalue weighted by Gasteiger charge is -2.17. The second-order valence-electron chi connectivity index (χ2n) is 6.00. The van der Waals surface area contributed by atoms with Gasteiger partial charge < -0.3 is 9.42 Å². The molecule has 2 heterocycles. The first-order valence-corrected chi connectivity index (χ1v) is 8.19. The van der Waals surface area contributed by atoms with Gasteiger partial charge >= 0.3 is 0 Å². The summed E-state index contributed by atoms with van der Waals surface area (Å²) in [6.45, 7) is 0.753. The summed E-state index contributed by atoms with van der Waals surface area (Å²) in [6.07, 6.45) is 3.84. The van der Waals surface area contributed by atoms with E-state index < -0.39 is 0 Å². The van der Waals surface area contributed by atoms with Crippen LogP contribution in [0, 0.1) is 0 Å². The summed E-state index contributed by atoms with van der Waals surface area (Å²) < 4.78 is 5.21. The van der Waals surface area contributed by atoms with Crippen LogP contribution < -0.4 is 4.90 Å². The zero-order valence-corrected chi connectivity index (χ0v) is 13.3. The van der Waals surface area contributed by atoms with Gasteiger partial charge in [0.25, 0.3) is 0 Å². The topological polar surface area (TPSA) is 46.3 Å². The summed E-state index contributed by atoms with van der Waals surface area (Å²) in [5.74, 6) is 0.941. The van der Waals surface area contributed by atoms with Crippen molar-refractivity contribution in [2.45, 2.75) is 19.3 Å². The fourth-order valence-electron chi connectivity index (χ4n) is 3.21. The van der Waals surface area contributed by atoms with Crippen LogP contribution in [0.15, 0.2) is 65.3 Å². The van der Waals surface area contributed by atoms with Crippen LogP contribution in [0.2, 0.25) is 0 Å². The molecule has 4 rings (SSSR count). The number of amides is 1. The summed E-state index contributed by atoms with van der Waals surface area (Å²) in [5.41, 5.74) is 4.42. The van der Waals surface area contributed by atoms with Gasteiger partial charge in [0.15, 0.2) is 5.76 Å². The number of aromatic nitrogens is 1. The van der Waals surface area contributed by atoms with E-state index >= 15 is 0 Å². The molecule has 0 saturated carbocycles. The van der Waals surface area contributed by atoms with E-state index in [4.69, 9.17) is 4.52 Å². The van der Waals surface area contributed by atoms with Gasteiger partial charge in [-0.25, -0.2) is 0 Å². The molecule has 0 saturated heterocycles. The molecule has 0 fully saturated rings. The minimum atomic E-state index is 0.185. The van der Waals surface area contributed by atoms with E-state index in [0.717, 1.165) is 36.4 Å². The molecule has 0 radical (unpaired) electrons. The molecule has 0 N–H and O–H groups in total. The summed E-state index contributed by atoms with van der Waals surface area (Å²) in [7, 11) is 0. The second kappa shape index (κ2) is 6.32. The molecule has 0 unspecified atom stereocenters. The van der Waals surface area contributed by atoms with Gasteiger partial charge in [0.2, 0.25) is 5.91 Å². The van der Waals surface area contributed by atoms with Crippen LogP contribution in [0.1, 0.15) is 17.5 Å². The molecule has 4 nitrogen and oxygen atoms in total. The van der Waals surface area contributed by atoms with E-state index in [0.29, 0.717) is 6.42 Å². The monoisotopic (exact) mass is 318 g/mol. The van der Waals surface area contributed by atoms with E-state index in [1.165, 1.54) is 11.1 Å². The predicted octanol–water partition coefficient (Wildman–Crippen LogP) is 3.86. The number of hydrogen-bond acceptors (Lipinski definition) is 3. The lowest BCUT2D eigenvalue weighted by atomic mass is 10.1. The van der Waals surface area contributed by atoms with Crippen LogP contribution in [0.25, 0.3) is 11.3 Å². The van der Waals surface area contributed by atoms with E-state index in [1.807, 2.05) is 41.3 Å². The summed E-state index contributed by atoms with van der Waals surface area (Å²) in [4.78, 5) is 14.5. The molecule has 0 spiro atoms. The third-order valence-corrected chi connectivity index (χ3v) is 4.47. The highest BCUT2D eigenvalue weighted by atomic mass is 16.5. The molecular weight excluding hydrogens is 300 g/mol. The molecule has 1 aliphatic heterocycles. The van der Waals surface area contributed by atoms with Crippen molar-refractivity contribution in [3.63, 3.8) is 0 Å². The number of aryl methyl sites for hydroxylation is 1. The Morgan fingerprint density at radius 2 is 2.00 bits per heavy atom. The number of fused-ring (bicyclic) bond motifs is 1. The van der Waals surface area contributed by atoms with Gasteiger partial charge in [0, 0.05) is 30.3 Å². The van der Waals surface area contributed by atoms with Crippen molar-refractivity contribution in [2.75, 3.05) is 11.4 Å². The van der Waals surface area contributed by atoms with Crippen molar-refractivity contribution in [1.29, 1.82) is 0 Å². The first-order valence-electron chi connectivity index (χ1n) is 8.19. The molecule has 4 heteroatoms. The minimum absolute atomic E-state index is 0.185. The van der Waals surface area contributed by atoms with Crippen LogP contribution in [0.5, 0.6) is 0 Å². The quantitative estimate of drug-likeness (QED) is 0.734. The standard InChI is InChI=1S/C20H18N2O2/c23-20(9-6-15-4-2-1-3-5-15)22-13-11-16-14-17(7-8-18(16)22)19-10-12-21-24-19/h1-5,7-8,10,12,14H,6,9,11,13H2. The maximum atomic E-state index is 12.6. The maximum absolute atomic E-state index is 12.6. The zero-order valence-electron chi connectivity index (χ0n) is 13.3. The van der Waals surface area contributed by atoms with Crippen molar-refractivity contribution >= 4 is 11.6 Å². The fourth-order valence-corrected chi connectivity index (χ4v) is 3.21. The van der Waals surface area contributed by atoms with Gasteiger partial charge in [0.05, 0.1) is 6.20 Å². The van der Waals surface area contributed by atoms with Crippen LogP contribution in [-0.2, 0) is 17.6 Å². The van der Waals surface area contributed by atoms with Crippen molar-refractivity contribution in [3.8, 4) is 11.3 Å². The predicted molar refractivity (Wildman–Crippen MR) is 92.8 cm³/mol. The first kappa shape index (κ1) is 14.7.